The van der Waals surface area contributed by atoms with Gasteiger partial charge < -0.3 is 14.7 Å². The van der Waals surface area contributed by atoms with Crippen LogP contribution in [0, 0.1) is 11.6 Å². The van der Waals surface area contributed by atoms with Gasteiger partial charge in [0.05, 0.1) is 0 Å². The molecule has 2 fully saturated rings. The van der Waals surface area contributed by atoms with Crippen molar-refractivity contribution >= 4 is 23.2 Å². The van der Waals surface area contributed by atoms with Crippen molar-refractivity contribution in [1.29, 1.82) is 0 Å². The Hall–Kier alpha value is -2.22. The van der Waals surface area contributed by atoms with E-state index in [1.807, 2.05) is 4.90 Å². The summed E-state index contributed by atoms with van der Waals surface area (Å²) in [6.07, 6.45) is 0.528. The van der Waals surface area contributed by atoms with E-state index in [0.29, 0.717) is 31.1 Å². The van der Waals surface area contributed by atoms with Gasteiger partial charge >= 0.3 is 0 Å². The summed E-state index contributed by atoms with van der Waals surface area (Å²) in [6, 6.07) is 11.1. The van der Waals surface area contributed by atoms with Crippen molar-refractivity contribution in [3.8, 4) is 0 Å². The van der Waals surface area contributed by atoms with Gasteiger partial charge in [0.2, 0.25) is 5.91 Å². The second-order valence-corrected chi connectivity index (χ2v) is 8.85. The third-order valence-electron chi connectivity index (χ3n) is 6.34. The van der Waals surface area contributed by atoms with Crippen molar-refractivity contribution in [3.63, 3.8) is 0 Å². The summed E-state index contributed by atoms with van der Waals surface area (Å²) in [5.41, 5.74) is 1.94. The molecule has 0 aromatic heterocycles. The molecular formula is C24H29ClF2N4O. The first-order valence-electron chi connectivity index (χ1n) is 11.1. The van der Waals surface area contributed by atoms with Crippen LogP contribution in [0.4, 0.5) is 14.5 Å². The van der Waals surface area contributed by atoms with E-state index in [4.69, 9.17) is 11.6 Å². The van der Waals surface area contributed by atoms with Crippen molar-refractivity contribution < 1.29 is 13.6 Å². The summed E-state index contributed by atoms with van der Waals surface area (Å²) in [6.45, 7) is 8.02. The van der Waals surface area contributed by atoms with Crippen LogP contribution < -0.4 is 4.90 Å². The number of amides is 1. The lowest BCUT2D eigenvalue weighted by molar-refractivity contribution is -0.131. The van der Waals surface area contributed by atoms with Crippen LogP contribution in [0.25, 0.3) is 0 Å². The number of carbonyl (C=O) groups excluding carboxylic acids is 1. The van der Waals surface area contributed by atoms with E-state index in [1.54, 1.807) is 18.2 Å². The van der Waals surface area contributed by atoms with E-state index >= 15 is 0 Å². The zero-order chi connectivity index (χ0) is 22.5. The highest BCUT2D eigenvalue weighted by Gasteiger charge is 2.23. The molecule has 0 N–H and O–H groups in total. The zero-order valence-electron chi connectivity index (χ0n) is 18.2. The molecule has 0 atom stereocenters. The molecule has 2 saturated heterocycles. The molecule has 2 aromatic rings. The quantitative estimate of drug-likeness (QED) is 0.657. The molecule has 0 spiro atoms. The van der Waals surface area contributed by atoms with Crippen LogP contribution in [-0.4, -0.2) is 79.5 Å². The highest BCUT2D eigenvalue weighted by atomic mass is 35.5. The van der Waals surface area contributed by atoms with Gasteiger partial charge in [-0.3, -0.25) is 9.69 Å². The summed E-state index contributed by atoms with van der Waals surface area (Å²) in [5.74, 6) is -0.350. The fourth-order valence-electron chi connectivity index (χ4n) is 4.34. The number of hydrogen-bond acceptors (Lipinski definition) is 4. The van der Waals surface area contributed by atoms with E-state index in [-0.39, 0.29) is 17.5 Å². The first kappa shape index (κ1) is 23.0. The van der Waals surface area contributed by atoms with E-state index in [1.165, 1.54) is 24.3 Å². The maximum atomic E-state index is 13.2. The fourth-order valence-corrected chi connectivity index (χ4v) is 4.57. The third-order valence-corrected chi connectivity index (χ3v) is 6.69. The molecule has 2 aliphatic rings. The highest BCUT2D eigenvalue weighted by molar-refractivity contribution is 6.31. The predicted molar refractivity (Wildman–Crippen MR) is 123 cm³/mol. The highest BCUT2D eigenvalue weighted by Crippen LogP contribution is 2.20. The second kappa shape index (κ2) is 10.6. The molecule has 2 aromatic carbocycles. The third kappa shape index (κ3) is 5.97. The lowest BCUT2D eigenvalue weighted by Crippen LogP contribution is -2.50. The molecule has 1 amide bonds. The van der Waals surface area contributed by atoms with Gasteiger partial charge in [0.1, 0.15) is 11.6 Å². The summed E-state index contributed by atoms with van der Waals surface area (Å²) >= 11 is 6.15. The Balaban J connectivity index is 1.16. The standard InChI is InChI=1S/C24H29ClF2N4O/c25-23-17-21(27)2-1-19(23)18-29-11-9-28(10-12-29)8-7-24(32)31-15-13-30(14-16-31)22-5-3-20(26)4-6-22/h1-6,17H,7-16,18H2. The summed E-state index contributed by atoms with van der Waals surface area (Å²) in [5, 5.41) is 0.470. The first-order chi connectivity index (χ1) is 15.5. The van der Waals surface area contributed by atoms with Crippen molar-refractivity contribution in [2.24, 2.45) is 0 Å². The van der Waals surface area contributed by atoms with E-state index in [9.17, 15) is 13.6 Å². The van der Waals surface area contributed by atoms with E-state index in [2.05, 4.69) is 14.7 Å². The minimum absolute atomic E-state index is 0.198. The van der Waals surface area contributed by atoms with Gasteiger partial charge in [-0.25, -0.2) is 8.78 Å². The minimum Gasteiger partial charge on any atom is -0.368 e. The minimum atomic E-state index is -0.315. The van der Waals surface area contributed by atoms with Crippen molar-refractivity contribution in [3.05, 3.63) is 64.7 Å². The van der Waals surface area contributed by atoms with Gasteiger partial charge in [-0.1, -0.05) is 17.7 Å². The topological polar surface area (TPSA) is 30.0 Å². The monoisotopic (exact) mass is 462 g/mol. The van der Waals surface area contributed by atoms with Gasteiger partial charge in [0, 0.05) is 82.6 Å². The largest absolute Gasteiger partial charge is 0.368 e. The number of halogens is 3. The predicted octanol–water partition coefficient (Wildman–Crippen LogP) is 3.47. The Labute approximate surface area is 193 Å². The molecule has 2 heterocycles. The van der Waals surface area contributed by atoms with Gasteiger partial charge in [-0.05, 0) is 42.0 Å². The zero-order valence-corrected chi connectivity index (χ0v) is 18.9. The van der Waals surface area contributed by atoms with Crippen LogP contribution >= 0.6 is 11.6 Å². The molecule has 0 unspecified atom stereocenters. The van der Waals surface area contributed by atoms with Crippen molar-refractivity contribution in [2.45, 2.75) is 13.0 Å². The molecule has 0 bridgehead atoms. The Morgan fingerprint density at radius 3 is 2.09 bits per heavy atom. The Morgan fingerprint density at radius 2 is 1.44 bits per heavy atom. The molecule has 172 valence electrons. The lowest BCUT2D eigenvalue weighted by Gasteiger charge is -2.37. The average Bonchev–Trinajstić information content (AvgIpc) is 2.81. The van der Waals surface area contributed by atoms with Gasteiger partial charge in [-0.15, -0.1) is 0 Å². The van der Waals surface area contributed by atoms with E-state index < -0.39 is 0 Å². The molecule has 5 nitrogen and oxygen atoms in total. The Bertz CT molecular complexity index is 911. The van der Waals surface area contributed by atoms with Crippen LogP contribution in [0.2, 0.25) is 5.02 Å². The van der Waals surface area contributed by atoms with Gasteiger partial charge in [0.15, 0.2) is 0 Å². The lowest BCUT2D eigenvalue weighted by atomic mass is 10.2. The van der Waals surface area contributed by atoms with Crippen LogP contribution in [0.5, 0.6) is 0 Å². The van der Waals surface area contributed by atoms with Crippen molar-refractivity contribution in [1.82, 2.24) is 14.7 Å². The maximum Gasteiger partial charge on any atom is 0.223 e. The number of piperazine rings is 2. The number of benzene rings is 2. The van der Waals surface area contributed by atoms with Crippen LogP contribution in [0.3, 0.4) is 0 Å². The van der Waals surface area contributed by atoms with E-state index in [0.717, 1.165) is 57.1 Å². The van der Waals surface area contributed by atoms with Gasteiger partial charge in [-0.2, -0.15) is 0 Å². The summed E-state index contributed by atoms with van der Waals surface area (Å²) < 4.78 is 26.3. The van der Waals surface area contributed by atoms with Gasteiger partial charge in [0.25, 0.3) is 0 Å². The molecule has 8 heteroatoms. The molecule has 2 aliphatic heterocycles. The normalized spacial score (nSPS) is 18.2. The van der Waals surface area contributed by atoms with Crippen LogP contribution in [0.15, 0.2) is 42.5 Å². The molecule has 32 heavy (non-hydrogen) atoms. The summed E-state index contributed by atoms with van der Waals surface area (Å²) in [4.78, 5) is 21.4. The number of hydrogen-bond donors (Lipinski definition) is 0. The first-order valence-corrected chi connectivity index (χ1v) is 11.5. The van der Waals surface area contributed by atoms with Crippen molar-refractivity contribution in [2.75, 3.05) is 63.8 Å². The smallest absolute Gasteiger partial charge is 0.223 e. The molecule has 0 radical (unpaired) electrons. The maximum absolute atomic E-state index is 13.2. The number of anilines is 1. The number of rotatable bonds is 6. The summed E-state index contributed by atoms with van der Waals surface area (Å²) in [7, 11) is 0. The fraction of sp³-hybridized carbons (Fsp3) is 0.458. The number of carbonyl (C=O) groups is 1. The Kier molecular flexibility index (Phi) is 7.60. The molecule has 0 saturated carbocycles. The molecule has 0 aliphatic carbocycles. The van der Waals surface area contributed by atoms with Crippen LogP contribution in [-0.2, 0) is 11.3 Å². The molecular weight excluding hydrogens is 434 g/mol. The molecule has 4 rings (SSSR count). The number of nitrogens with zero attached hydrogens (tertiary/aromatic N) is 4. The average molecular weight is 463 g/mol. The SMILES string of the molecule is O=C(CCN1CCN(Cc2ccc(F)cc2Cl)CC1)N1CCN(c2ccc(F)cc2)CC1. The Morgan fingerprint density at radius 1 is 0.812 bits per heavy atom. The van der Waals surface area contributed by atoms with Crippen LogP contribution in [0.1, 0.15) is 12.0 Å². The second-order valence-electron chi connectivity index (χ2n) is 8.45.